The summed E-state index contributed by atoms with van der Waals surface area (Å²) in [5, 5.41) is 0.726. The van der Waals surface area contributed by atoms with E-state index >= 15 is 0 Å². The topological polar surface area (TPSA) is 47.3 Å². The van der Waals surface area contributed by atoms with Gasteiger partial charge in [0.05, 0.1) is 7.11 Å². The van der Waals surface area contributed by atoms with E-state index in [0.717, 1.165) is 29.2 Å². The summed E-state index contributed by atoms with van der Waals surface area (Å²) < 4.78 is 5.40. The van der Waals surface area contributed by atoms with Crippen LogP contribution in [0.1, 0.15) is 46.1 Å². The first kappa shape index (κ1) is 18.3. The summed E-state index contributed by atoms with van der Waals surface area (Å²) in [6, 6.07) is 5.93. The van der Waals surface area contributed by atoms with Gasteiger partial charge in [0, 0.05) is 11.1 Å². The summed E-state index contributed by atoms with van der Waals surface area (Å²) >= 11 is 6.09. The minimum absolute atomic E-state index is 0.217. The van der Waals surface area contributed by atoms with Gasteiger partial charge in [0.25, 0.3) is 0 Å². The fourth-order valence-corrected chi connectivity index (χ4v) is 3.19. The van der Waals surface area contributed by atoms with Crippen LogP contribution in [0.25, 0.3) is 0 Å². The molecule has 21 heavy (non-hydrogen) atoms. The third kappa shape index (κ3) is 6.68. The minimum atomic E-state index is 0.217. The zero-order valence-electron chi connectivity index (χ0n) is 13.9. The van der Waals surface area contributed by atoms with E-state index in [1.807, 2.05) is 18.2 Å². The number of ether oxygens (including phenoxy) is 1. The van der Waals surface area contributed by atoms with Crippen LogP contribution in [0.2, 0.25) is 5.02 Å². The Labute approximate surface area is 134 Å². The van der Waals surface area contributed by atoms with Gasteiger partial charge in [-0.15, -0.1) is 0 Å². The number of halogens is 1. The normalized spacial score (nSPS) is 14.8. The van der Waals surface area contributed by atoms with Gasteiger partial charge in [-0.2, -0.15) is 0 Å². The van der Waals surface area contributed by atoms with E-state index in [9.17, 15) is 0 Å². The van der Waals surface area contributed by atoms with Crippen molar-refractivity contribution in [1.29, 1.82) is 0 Å². The van der Waals surface area contributed by atoms with Crippen molar-refractivity contribution >= 4 is 11.6 Å². The zero-order chi connectivity index (χ0) is 16.0. The molecule has 0 fully saturated rings. The molecule has 1 aromatic carbocycles. The lowest BCUT2D eigenvalue weighted by Gasteiger charge is -2.26. The van der Waals surface area contributed by atoms with Crippen molar-refractivity contribution in [2.45, 2.75) is 53.0 Å². The van der Waals surface area contributed by atoms with Crippen molar-refractivity contribution in [3.05, 3.63) is 28.8 Å². The molecule has 0 aliphatic rings. The molecule has 3 nitrogen and oxygen atoms in total. The van der Waals surface area contributed by atoms with E-state index < -0.39 is 0 Å². The Morgan fingerprint density at radius 2 is 2.00 bits per heavy atom. The highest BCUT2D eigenvalue weighted by Crippen LogP contribution is 2.29. The number of hydrogen-bond acceptors (Lipinski definition) is 3. The molecule has 1 rings (SSSR count). The molecule has 0 saturated heterocycles. The molecule has 0 aliphatic heterocycles. The van der Waals surface area contributed by atoms with Crippen molar-refractivity contribution in [3.63, 3.8) is 0 Å². The van der Waals surface area contributed by atoms with Crippen molar-refractivity contribution in [3.8, 4) is 5.75 Å². The summed E-state index contributed by atoms with van der Waals surface area (Å²) in [4.78, 5) is 0. The van der Waals surface area contributed by atoms with Crippen LogP contribution in [-0.2, 0) is 6.42 Å². The Morgan fingerprint density at radius 3 is 2.52 bits per heavy atom. The Kier molecular flexibility index (Phi) is 6.98. The van der Waals surface area contributed by atoms with Crippen molar-refractivity contribution in [2.24, 2.45) is 17.2 Å². The van der Waals surface area contributed by atoms with Gasteiger partial charge in [0.15, 0.2) is 0 Å². The second kappa shape index (κ2) is 8.02. The van der Waals surface area contributed by atoms with Crippen LogP contribution in [0.3, 0.4) is 0 Å². The zero-order valence-corrected chi connectivity index (χ0v) is 14.6. The van der Waals surface area contributed by atoms with E-state index in [4.69, 9.17) is 22.2 Å². The second-order valence-electron chi connectivity index (χ2n) is 7.13. The maximum absolute atomic E-state index is 6.09. The molecule has 0 spiro atoms. The van der Waals surface area contributed by atoms with Crippen LogP contribution in [0.15, 0.2) is 18.2 Å². The molecule has 3 N–H and O–H groups in total. The third-order valence-corrected chi connectivity index (χ3v) is 3.83. The molecule has 1 aromatic rings. The summed E-state index contributed by atoms with van der Waals surface area (Å²) in [7, 11) is 1.68. The van der Waals surface area contributed by atoms with Gasteiger partial charge in [0.1, 0.15) is 5.75 Å². The quantitative estimate of drug-likeness (QED) is 0.586. The predicted molar refractivity (Wildman–Crippen MR) is 90.7 cm³/mol. The summed E-state index contributed by atoms with van der Waals surface area (Å²) in [5.74, 6) is 7.21. The van der Waals surface area contributed by atoms with Gasteiger partial charge < -0.3 is 4.74 Å². The van der Waals surface area contributed by atoms with E-state index in [1.165, 1.54) is 6.42 Å². The predicted octanol–water partition coefficient (Wildman–Crippen LogP) is 4.19. The van der Waals surface area contributed by atoms with Crippen molar-refractivity contribution in [1.82, 2.24) is 5.43 Å². The lowest BCUT2D eigenvalue weighted by molar-refractivity contribution is 0.274. The molecule has 0 heterocycles. The molecule has 0 aliphatic carbocycles. The highest BCUT2D eigenvalue weighted by atomic mass is 35.5. The molecule has 2 unspecified atom stereocenters. The summed E-state index contributed by atoms with van der Waals surface area (Å²) in [5.41, 5.74) is 4.37. The fraction of sp³-hybridized carbons (Fsp3) is 0.647. The van der Waals surface area contributed by atoms with Crippen molar-refractivity contribution < 1.29 is 4.74 Å². The molecular weight excluding hydrogens is 284 g/mol. The van der Waals surface area contributed by atoms with Crippen LogP contribution in [0.4, 0.5) is 0 Å². The largest absolute Gasteiger partial charge is 0.496 e. The standard InChI is InChI=1S/C17H29ClN2O/c1-12(11-17(2,3)4)8-15(20-19)10-13-9-14(18)6-7-16(13)21-5/h6-7,9,12,15,20H,8,10-11,19H2,1-5H3. The Bertz CT molecular complexity index is 443. The van der Waals surface area contributed by atoms with E-state index in [1.54, 1.807) is 7.11 Å². The molecule has 120 valence electrons. The Morgan fingerprint density at radius 1 is 1.33 bits per heavy atom. The number of hydrazine groups is 1. The number of nitrogens with one attached hydrogen (secondary N) is 1. The average Bonchev–Trinajstić information content (AvgIpc) is 2.36. The Balaban J connectivity index is 2.72. The van der Waals surface area contributed by atoms with Crippen LogP contribution in [0.5, 0.6) is 5.75 Å². The monoisotopic (exact) mass is 312 g/mol. The second-order valence-corrected chi connectivity index (χ2v) is 7.57. The Hall–Kier alpha value is -0.770. The van der Waals surface area contributed by atoms with E-state index in [2.05, 4.69) is 33.1 Å². The van der Waals surface area contributed by atoms with Gasteiger partial charge in [0.2, 0.25) is 0 Å². The maximum Gasteiger partial charge on any atom is 0.122 e. The van der Waals surface area contributed by atoms with Crippen LogP contribution in [0, 0.1) is 11.3 Å². The van der Waals surface area contributed by atoms with Crippen LogP contribution < -0.4 is 16.0 Å². The van der Waals surface area contributed by atoms with Crippen LogP contribution >= 0.6 is 11.6 Å². The molecule has 2 atom stereocenters. The minimum Gasteiger partial charge on any atom is -0.496 e. The number of methoxy groups -OCH3 is 1. The molecule has 4 heteroatoms. The lowest BCUT2D eigenvalue weighted by Crippen LogP contribution is -2.38. The first-order chi connectivity index (χ1) is 9.75. The van der Waals surface area contributed by atoms with Crippen molar-refractivity contribution in [2.75, 3.05) is 7.11 Å². The molecule has 0 saturated carbocycles. The van der Waals surface area contributed by atoms with E-state index in [0.29, 0.717) is 11.3 Å². The van der Waals surface area contributed by atoms with Crippen LogP contribution in [-0.4, -0.2) is 13.2 Å². The fourth-order valence-electron chi connectivity index (χ4n) is 3.00. The number of hydrogen-bond donors (Lipinski definition) is 2. The maximum atomic E-state index is 6.09. The first-order valence-corrected chi connectivity index (χ1v) is 7.91. The van der Waals surface area contributed by atoms with Gasteiger partial charge in [-0.1, -0.05) is 39.3 Å². The number of rotatable bonds is 7. The first-order valence-electron chi connectivity index (χ1n) is 7.53. The van der Waals surface area contributed by atoms with Gasteiger partial charge in [-0.05, 0) is 54.4 Å². The highest BCUT2D eigenvalue weighted by Gasteiger charge is 2.20. The molecular formula is C17H29ClN2O. The molecule has 0 aromatic heterocycles. The lowest BCUT2D eigenvalue weighted by atomic mass is 9.82. The van der Waals surface area contributed by atoms with Gasteiger partial charge in [-0.3, -0.25) is 11.3 Å². The third-order valence-electron chi connectivity index (χ3n) is 3.59. The SMILES string of the molecule is COc1ccc(Cl)cc1CC(CC(C)CC(C)(C)C)NN. The summed E-state index contributed by atoms with van der Waals surface area (Å²) in [6.45, 7) is 9.10. The molecule has 0 bridgehead atoms. The number of nitrogens with two attached hydrogens (primary N) is 1. The molecule has 0 amide bonds. The van der Waals surface area contributed by atoms with Gasteiger partial charge >= 0.3 is 0 Å². The smallest absolute Gasteiger partial charge is 0.122 e. The summed E-state index contributed by atoms with van der Waals surface area (Å²) in [6.07, 6.45) is 3.02. The highest BCUT2D eigenvalue weighted by molar-refractivity contribution is 6.30. The average molecular weight is 313 g/mol. The van der Waals surface area contributed by atoms with Gasteiger partial charge in [-0.25, -0.2) is 0 Å². The molecule has 0 radical (unpaired) electrons. The number of benzene rings is 1. The van der Waals surface area contributed by atoms with E-state index in [-0.39, 0.29) is 6.04 Å².